The van der Waals surface area contributed by atoms with Crippen molar-refractivity contribution in [3.8, 4) is 0 Å². The number of likely N-dealkylation sites (N-methyl/N-ethyl adjacent to an activating group) is 1. The first-order chi connectivity index (χ1) is 41.6. The van der Waals surface area contributed by atoms with E-state index in [0.717, 1.165) is 38.5 Å². The summed E-state index contributed by atoms with van der Waals surface area (Å²) in [7, 11) is 5.95. The third kappa shape index (κ3) is 69.6. The summed E-state index contributed by atoms with van der Waals surface area (Å²) in [6.07, 6.45) is 79.5. The molecular formula is C76H149NO8. The monoisotopic (exact) mass is 1200 g/mol. The number of rotatable bonds is 73. The Morgan fingerprint density at radius 3 is 0.753 bits per heavy atom. The molecule has 9 nitrogen and oxygen atoms in total. The maximum Gasteiger partial charge on any atom is 0.306 e. The highest BCUT2D eigenvalue weighted by Gasteiger charge is 2.22. The number of aliphatic carboxylic acids is 1. The molecule has 0 aromatic heterocycles. The second-order valence-electron chi connectivity index (χ2n) is 27.7. The van der Waals surface area contributed by atoms with Gasteiger partial charge in [-0.2, -0.15) is 0 Å². The number of nitrogens with zero attached hydrogens (tertiary/aromatic N) is 1. The number of carbonyl (C=O) groups excluding carboxylic acids is 3. The van der Waals surface area contributed by atoms with Crippen LogP contribution in [0.2, 0.25) is 0 Å². The van der Waals surface area contributed by atoms with Gasteiger partial charge in [0.25, 0.3) is 0 Å². The molecule has 0 aliphatic carbocycles. The van der Waals surface area contributed by atoms with Gasteiger partial charge in [-0.1, -0.05) is 386 Å². The van der Waals surface area contributed by atoms with Crippen molar-refractivity contribution >= 4 is 17.9 Å². The van der Waals surface area contributed by atoms with E-state index in [1.54, 1.807) is 0 Å². The number of esters is 2. The Kier molecular flexibility index (Phi) is 66.8. The summed E-state index contributed by atoms with van der Waals surface area (Å²) in [5, 5.41) is 11.8. The number of hydrogen-bond donors (Lipinski definition) is 0. The maximum atomic E-state index is 12.9. The van der Waals surface area contributed by atoms with Crippen molar-refractivity contribution in [2.75, 3.05) is 47.5 Å². The molecule has 0 spiro atoms. The molecule has 0 aromatic carbocycles. The average molecular weight is 1210 g/mol. The first-order valence-electron chi connectivity index (χ1n) is 38.2. The zero-order valence-electron chi connectivity index (χ0n) is 58.0. The summed E-state index contributed by atoms with van der Waals surface area (Å²) < 4.78 is 22.8. The molecule has 0 N–H and O–H groups in total. The van der Waals surface area contributed by atoms with E-state index >= 15 is 0 Å². The summed E-state index contributed by atoms with van der Waals surface area (Å²) in [6, 6.07) is 0. The van der Waals surface area contributed by atoms with Gasteiger partial charge >= 0.3 is 11.9 Å². The minimum Gasteiger partial charge on any atom is -0.545 e. The lowest BCUT2D eigenvalue weighted by Crippen LogP contribution is -2.44. The molecule has 0 rings (SSSR count). The number of carboxylic acids is 1. The fourth-order valence-electron chi connectivity index (χ4n) is 12.0. The Morgan fingerprint density at radius 2 is 0.529 bits per heavy atom. The number of carbonyl (C=O) groups is 3. The van der Waals surface area contributed by atoms with E-state index in [1.807, 2.05) is 21.1 Å². The smallest absolute Gasteiger partial charge is 0.306 e. The molecule has 0 saturated heterocycles. The van der Waals surface area contributed by atoms with Crippen LogP contribution in [0, 0.1) is 0 Å². The summed E-state index contributed by atoms with van der Waals surface area (Å²) in [4.78, 5) is 37.5. The zero-order valence-corrected chi connectivity index (χ0v) is 58.0. The highest BCUT2D eigenvalue weighted by Crippen LogP contribution is 2.20. The Hall–Kier alpha value is -1.71. The number of quaternary nitrogens is 1. The van der Waals surface area contributed by atoms with Crippen LogP contribution in [0.3, 0.4) is 0 Å². The molecule has 9 heteroatoms. The van der Waals surface area contributed by atoms with Crippen LogP contribution in [0.5, 0.6) is 0 Å². The number of unbranched alkanes of at least 4 members (excludes halogenated alkanes) is 58. The van der Waals surface area contributed by atoms with Crippen molar-refractivity contribution in [2.24, 2.45) is 0 Å². The van der Waals surface area contributed by atoms with Crippen molar-refractivity contribution in [3.05, 3.63) is 0 Å². The largest absolute Gasteiger partial charge is 0.545 e. The highest BCUT2D eigenvalue weighted by atomic mass is 16.7. The molecule has 0 heterocycles. The molecule has 0 amide bonds. The molecule has 2 atom stereocenters. The van der Waals surface area contributed by atoms with E-state index in [1.165, 1.54) is 347 Å². The zero-order chi connectivity index (χ0) is 61.9. The molecule has 0 fully saturated rings. The van der Waals surface area contributed by atoms with Crippen LogP contribution in [0.25, 0.3) is 0 Å². The number of carboxylic acid groups (broad SMARTS) is 1. The average Bonchev–Trinajstić information content (AvgIpc) is 3.48. The van der Waals surface area contributed by atoms with Gasteiger partial charge in [0.1, 0.15) is 13.2 Å². The molecule has 0 radical (unpaired) electrons. The Bertz CT molecular complexity index is 1350. The molecule has 0 aromatic rings. The van der Waals surface area contributed by atoms with Crippen LogP contribution in [0.4, 0.5) is 0 Å². The van der Waals surface area contributed by atoms with E-state index in [0.29, 0.717) is 17.4 Å². The molecular weight excluding hydrogens is 1050 g/mol. The summed E-state index contributed by atoms with van der Waals surface area (Å²) in [6.45, 7) is 4.84. The summed E-state index contributed by atoms with van der Waals surface area (Å²) >= 11 is 0. The van der Waals surface area contributed by atoms with Crippen LogP contribution in [0.15, 0.2) is 0 Å². The quantitative estimate of drug-likeness (QED) is 0.0256. The van der Waals surface area contributed by atoms with Crippen LogP contribution >= 0.6 is 0 Å². The Morgan fingerprint density at radius 1 is 0.306 bits per heavy atom. The van der Waals surface area contributed by atoms with Crippen LogP contribution in [-0.4, -0.2) is 82.3 Å². The molecule has 2 unspecified atom stereocenters. The molecule has 0 bridgehead atoms. The predicted octanol–water partition coefficient (Wildman–Crippen LogP) is 22.5. The van der Waals surface area contributed by atoms with Gasteiger partial charge in [-0.05, 0) is 12.8 Å². The van der Waals surface area contributed by atoms with E-state index in [9.17, 15) is 19.5 Å². The van der Waals surface area contributed by atoms with Crippen molar-refractivity contribution in [1.82, 2.24) is 0 Å². The number of ether oxygens (including phenoxy) is 4. The minimum atomic E-state index is -1.62. The predicted molar refractivity (Wildman–Crippen MR) is 362 cm³/mol. The van der Waals surface area contributed by atoms with E-state index < -0.39 is 24.3 Å². The fraction of sp³-hybridized carbons (Fsp3) is 0.961. The summed E-state index contributed by atoms with van der Waals surface area (Å²) in [5.74, 6) is -2.24. The standard InChI is InChI=1S/C76H149NO8/c1-6-8-10-12-14-16-18-20-22-24-26-28-29-30-31-32-33-34-35-36-37-38-39-40-41-42-43-44-45-46-47-49-51-53-55-57-59-61-63-65-67-74(79)85-72(71-84-76(75(80)81)82-69-68-77(3,4)5)70-83-73(78)66-64-62-60-58-56-54-52-50-48-27-25-23-21-19-17-15-13-11-9-7-2/h72,76H,6-71H2,1-5H3. The van der Waals surface area contributed by atoms with Crippen molar-refractivity contribution in [2.45, 2.75) is 424 Å². The normalized spacial score (nSPS) is 12.5. The molecule has 85 heavy (non-hydrogen) atoms. The first-order valence-corrected chi connectivity index (χ1v) is 38.2. The van der Waals surface area contributed by atoms with E-state index in [-0.39, 0.29) is 32.2 Å². The number of hydrogen-bond acceptors (Lipinski definition) is 8. The second kappa shape index (κ2) is 68.2. The molecule has 0 saturated carbocycles. The topological polar surface area (TPSA) is 111 Å². The molecule has 0 aliphatic rings. The third-order valence-corrected chi connectivity index (χ3v) is 17.9. The van der Waals surface area contributed by atoms with Gasteiger partial charge in [-0.3, -0.25) is 9.59 Å². The van der Waals surface area contributed by atoms with Gasteiger partial charge in [0.05, 0.1) is 40.3 Å². The van der Waals surface area contributed by atoms with Crippen molar-refractivity contribution in [1.29, 1.82) is 0 Å². The highest BCUT2D eigenvalue weighted by molar-refractivity contribution is 5.70. The lowest BCUT2D eigenvalue weighted by Gasteiger charge is -2.26. The van der Waals surface area contributed by atoms with Crippen molar-refractivity contribution in [3.63, 3.8) is 0 Å². The molecule has 0 aliphatic heterocycles. The van der Waals surface area contributed by atoms with Crippen LogP contribution in [0.1, 0.15) is 412 Å². The Labute approximate surface area is 530 Å². The minimum absolute atomic E-state index is 0.154. The lowest BCUT2D eigenvalue weighted by molar-refractivity contribution is -0.870. The lowest BCUT2D eigenvalue weighted by atomic mass is 10.0. The first kappa shape index (κ1) is 83.3. The van der Waals surface area contributed by atoms with E-state index in [4.69, 9.17) is 18.9 Å². The van der Waals surface area contributed by atoms with E-state index in [2.05, 4.69) is 13.8 Å². The van der Waals surface area contributed by atoms with Gasteiger partial charge in [-0.15, -0.1) is 0 Å². The van der Waals surface area contributed by atoms with Gasteiger partial charge in [0, 0.05) is 12.8 Å². The van der Waals surface area contributed by atoms with Gasteiger partial charge < -0.3 is 33.3 Å². The van der Waals surface area contributed by atoms with Gasteiger partial charge in [0.2, 0.25) is 0 Å². The van der Waals surface area contributed by atoms with Crippen LogP contribution in [-0.2, 0) is 33.3 Å². The van der Waals surface area contributed by atoms with Crippen molar-refractivity contribution < 1.29 is 42.9 Å². The fourth-order valence-corrected chi connectivity index (χ4v) is 12.0. The van der Waals surface area contributed by atoms with Crippen LogP contribution < -0.4 is 5.11 Å². The molecule has 506 valence electrons. The van der Waals surface area contributed by atoms with Gasteiger partial charge in [0.15, 0.2) is 12.4 Å². The van der Waals surface area contributed by atoms with Gasteiger partial charge in [-0.25, -0.2) is 0 Å². The summed E-state index contributed by atoms with van der Waals surface area (Å²) in [5.41, 5.74) is 0. The maximum absolute atomic E-state index is 12.9. The SMILES string of the molecule is CCCCCCCCCCCCCCCCCCCCCCCCCCCCCCCCCCCCCCCCCCC(=O)OC(COC(=O)CCCCCCCCCCCCCCCCCCCCCC)COC(OCC[N+](C)(C)C)C(=O)[O-]. The Balaban J connectivity index is 3.90. The second-order valence-corrected chi connectivity index (χ2v) is 27.7. The third-order valence-electron chi connectivity index (χ3n) is 17.9.